The smallest absolute Gasteiger partial charge is 0.0905 e. The van der Waals surface area contributed by atoms with Gasteiger partial charge in [-0.2, -0.15) is 0 Å². The van der Waals surface area contributed by atoms with Gasteiger partial charge in [0.05, 0.1) is 5.84 Å². The predicted octanol–water partition coefficient (Wildman–Crippen LogP) is 1.58. The number of hydrogen-bond acceptors (Lipinski definition) is 2. The maximum atomic E-state index is 7.09. The zero-order valence-corrected chi connectivity index (χ0v) is 8.55. The lowest BCUT2D eigenvalue weighted by molar-refractivity contribution is 0.272. The minimum atomic E-state index is 0.328. The van der Waals surface area contributed by atoms with Gasteiger partial charge in [0.25, 0.3) is 0 Å². The first-order chi connectivity index (χ1) is 6.24. The van der Waals surface area contributed by atoms with Crippen molar-refractivity contribution in [2.45, 2.75) is 45.1 Å². The predicted molar refractivity (Wildman–Crippen MR) is 56.0 cm³/mol. The molecular weight excluding hydrogens is 162 g/mol. The minimum absolute atomic E-state index is 0.328. The normalized spacial score (nSPS) is 16.5. The molecule has 1 fully saturated rings. The Morgan fingerprint density at radius 2 is 2.15 bits per heavy atom. The number of hydrogen-bond donors (Lipinski definition) is 2. The first-order valence-corrected chi connectivity index (χ1v) is 5.31. The lowest BCUT2D eigenvalue weighted by Gasteiger charge is -2.19. The number of unbranched alkanes of at least 4 members (excludes halogenated alkanes) is 1. The molecular formula is C10H21N3. The van der Waals surface area contributed by atoms with Crippen LogP contribution in [0, 0.1) is 5.41 Å². The molecule has 0 amide bonds. The molecule has 0 bridgehead atoms. The van der Waals surface area contributed by atoms with Crippen LogP contribution in [0.15, 0.2) is 0 Å². The van der Waals surface area contributed by atoms with Gasteiger partial charge in [-0.05, 0) is 38.8 Å². The highest BCUT2D eigenvalue weighted by Crippen LogP contribution is 2.26. The summed E-state index contributed by atoms with van der Waals surface area (Å²) in [4.78, 5) is 2.54. The molecule has 0 heterocycles. The number of nitrogens with one attached hydrogen (secondary N) is 1. The van der Waals surface area contributed by atoms with Crippen molar-refractivity contribution >= 4 is 5.84 Å². The minimum Gasteiger partial charge on any atom is -0.388 e. The van der Waals surface area contributed by atoms with Crippen molar-refractivity contribution in [3.05, 3.63) is 0 Å². The van der Waals surface area contributed by atoms with E-state index in [0.717, 1.165) is 18.9 Å². The molecule has 13 heavy (non-hydrogen) atoms. The Hall–Kier alpha value is -0.570. The molecule has 1 rings (SSSR count). The van der Waals surface area contributed by atoms with Gasteiger partial charge in [0.15, 0.2) is 0 Å². The Kier molecular flexibility index (Phi) is 4.22. The SMILES string of the molecule is CCN(CCCCC(=N)N)C1CC1. The largest absolute Gasteiger partial charge is 0.388 e. The molecule has 3 N–H and O–H groups in total. The van der Waals surface area contributed by atoms with Gasteiger partial charge in [-0.25, -0.2) is 0 Å². The fourth-order valence-corrected chi connectivity index (χ4v) is 1.67. The molecule has 0 saturated heterocycles. The molecule has 1 saturated carbocycles. The van der Waals surface area contributed by atoms with Crippen molar-refractivity contribution < 1.29 is 0 Å². The van der Waals surface area contributed by atoms with Crippen molar-refractivity contribution in [3.8, 4) is 0 Å². The lowest BCUT2D eigenvalue weighted by atomic mass is 10.2. The Bertz CT molecular complexity index is 164. The third-order valence-corrected chi connectivity index (χ3v) is 2.61. The standard InChI is InChI=1S/C10H21N3/c1-2-13(9-6-7-9)8-4-3-5-10(11)12/h9H,2-8H2,1H3,(H3,11,12). The van der Waals surface area contributed by atoms with Crippen LogP contribution in [0.4, 0.5) is 0 Å². The van der Waals surface area contributed by atoms with Gasteiger partial charge in [0.2, 0.25) is 0 Å². The lowest BCUT2D eigenvalue weighted by Crippen LogP contribution is -2.26. The molecule has 0 unspecified atom stereocenters. The van der Waals surface area contributed by atoms with Crippen LogP contribution in [0.2, 0.25) is 0 Å². The summed E-state index contributed by atoms with van der Waals surface area (Å²) in [6, 6.07) is 0.877. The Balaban J connectivity index is 1.99. The summed E-state index contributed by atoms with van der Waals surface area (Å²) in [5.41, 5.74) is 5.28. The van der Waals surface area contributed by atoms with Gasteiger partial charge in [0.1, 0.15) is 0 Å². The third kappa shape index (κ3) is 4.27. The van der Waals surface area contributed by atoms with Crippen LogP contribution in [-0.2, 0) is 0 Å². The summed E-state index contributed by atoms with van der Waals surface area (Å²) < 4.78 is 0. The fourth-order valence-electron chi connectivity index (χ4n) is 1.67. The summed E-state index contributed by atoms with van der Waals surface area (Å²) in [5.74, 6) is 0.328. The van der Waals surface area contributed by atoms with Crippen LogP contribution < -0.4 is 5.73 Å². The zero-order chi connectivity index (χ0) is 9.68. The van der Waals surface area contributed by atoms with Gasteiger partial charge < -0.3 is 10.6 Å². The van der Waals surface area contributed by atoms with Gasteiger partial charge in [-0.15, -0.1) is 0 Å². The second kappa shape index (κ2) is 5.22. The van der Waals surface area contributed by atoms with Gasteiger partial charge in [-0.1, -0.05) is 6.92 Å². The Morgan fingerprint density at radius 3 is 2.62 bits per heavy atom. The maximum Gasteiger partial charge on any atom is 0.0905 e. The first kappa shape index (κ1) is 10.5. The van der Waals surface area contributed by atoms with Crippen LogP contribution in [0.1, 0.15) is 39.0 Å². The van der Waals surface area contributed by atoms with E-state index in [1.165, 1.54) is 32.4 Å². The topological polar surface area (TPSA) is 53.1 Å². The summed E-state index contributed by atoms with van der Waals surface area (Å²) in [5, 5.41) is 7.09. The molecule has 0 radical (unpaired) electrons. The van der Waals surface area contributed by atoms with Crippen LogP contribution in [-0.4, -0.2) is 29.9 Å². The molecule has 0 aliphatic heterocycles. The van der Waals surface area contributed by atoms with Crippen molar-refractivity contribution in [3.63, 3.8) is 0 Å². The molecule has 0 aromatic heterocycles. The summed E-state index contributed by atoms with van der Waals surface area (Å²) in [7, 11) is 0. The van der Waals surface area contributed by atoms with Crippen molar-refractivity contribution in [2.24, 2.45) is 5.73 Å². The number of nitrogens with zero attached hydrogens (tertiary/aromatic N) is 1. The van der Waals surface area contributed by atoms with E-state index in [2.05, 4.69) is 11.8 Å². The molecule has 3 nitrogen and oxygen atoms in total. The van der Waals surface area contributed by atoms with E-state index in [1.54, 1.807) is 0 Å². The van der Waals surface area contributed by atoms with E-state index in [4.69, 9.17) is 11.1 Å². The van der Waals surface area contributed by atoms with E-state index in [1.807, 2.05) is 0 Å². The molecule has 0 aromatic rings. The van der Waals surface area contributed by atoms with Crippen LogP contribution in [0.25, 0.3) is 0 Å². The van der Waals surface area contributed by atoms with Crippen molar-refractivity contribution in [1.82, 2.24) is 4.90 Å². The summed E-state index contributed by atoms with van der Waals surface area (Å²) in [6.07, 6.45) is 5.80. The zero-order valence-electron chi connectivity index (χ0n) is 8.55. The fraction of sp³-hybridized carbons (Fsp3) is 0.900. The average Bonchev–Trinajstić information content (AvgIpc) is 2.87. The Morgan fingerprint density at radius 1 is 1.46 bits per heavy atom. The number of nitrogens with two attached hydrogens (primary N) is 1. The summed E-state index contributed by atoms with van der Waals surface area (Å²) in [6.45, 7) is 4.59. The summed E-state index contributed by atoms with van der Waals surface area (Å²) >= 11 is 0. The van der Waals surface area contributed by atoms with Crippen LogP contribution in [0.3, 0.4) is 0 Å². The van der Waals surface area contributed by atoms with Gasteiger partial charge >= 0.3 is 0 Å². The molecule has 0 spiro atoms. The molecule has 3 heteroatoms. The van der Waals surface area contributed by atoms with E-state index in [-0.39, 0.29) is 0 Å². The Labute approximate surface area is 80.8 Å². The van der Waals surface area contributed by atoms with E-state index >= 15 is 0 Å². The molecule has 76 valence electrons. The first-order valence-electron chi connectivity index (χ1n) is 5.31. The third-order valence-electron chi connectivity index (χ3n) is 2.61. The highest BCUT2D eigenvalue weighted by atomic mass is 15.2. The average molecular weight is 183 g/mol. The number of amidine groups is 1. The van der Waals surface area contributed by atoms with Crippen molar-refractivity contribution in [2.75, 3.05) is 13.1 Å². The van der Waals surface area contributed by atoms with Gasteiger partial charge in [-0.3, -0.25) is 5.41 Å². The van der Waals surface area contributed by atoms with Crippen LogP contribution in [0.5, 0.6) is 0 Å². The monoisotopic (exact) mass is 183 g/mol. The quantitative estimate of drug-likeness (QED) is 0.357. The van der Waals surface area contributed by atoms with Crippen molar-refractivity contribution in [1.29, 1.82) is 5.41 Å². The van der Waals surface area contributed by atoms with E-state index < -0.39 is 0 Å². The molecule has 0 atom stereocenters. The molecule has 0 aromatic carbocycles. The van der Waals surface area contributed by atoms with E-state index in [0.29, 0.717) is 5.84 Å². The molecule has 1 aliphatic rings. The highest BCUT2D eigenvalue weighted by molar-refractivity contribution is 5.76. The second-order valence-corrected chi connectivity index (χ2v) is 3.84. The van der Waals surface area contributed by atoms with Gasteiger partial charge in [0, 0.05) is 12.5 Å². The highest BCUT2D eigenvalue weighted by Gasteiger charge is 2.26. The molecule has 1 aliphatic carbocycles. The van der Waals surface area contributed by atoms with E-state index in [9.17, 15) is 0 Å². The number of rotatable bonds is 7. The second-order valence-electron chi connectivity index (χ2n) is 3.84. The maximum absolute atomic E-state index is 7.09. The van der Waals surface area contributed by atoms with Crippen LogP contribution >= 0.6 is 0 Å².